The van der Waals surface area contributed by atoms with Gasteiger partial charge in [-0.15, -0.1) is 0 Å². The molecule has 1 unspecified atom stereocenters. The van der Waals surface area contributed by atoms with Gasteiger partial charge in [-0.25, -0.2) is 0 Å². The van der Waals surface area contributed by atoms with Crippen molar-refractivity contribution in [3.05, 3.63) is 58.0 Å². The first-order valence-corrected chi connectivity index (χ1v) is 7.02. The van der Waals surface area contributed by atoms with Crippen molar-refractivity contribution in [3.8, 4) is 6.07 Å². The van der Waals surface area contributed by atoms with E-state index >= 15 is 0 Å². The fourth-order valence-electron chi connectivity index (χ4n) is 1.92. The van der Waals surface area contributed by atoms with Gasteiger partial charge in [0, 0.05) is 22.7 Å². The maximum atomic E-state index is 12.7. The van der Waals surface area contributed by atoms with E-state index < -0.39 is 12.1 Å². The quantitative estimate of drug-likeness (QED) is 0.779. The van der Waals surface area contributed by atoms with Crippen molar-refractivity contribution >= 4 is 29.1 Å². The number of benzene rings is 1. The Morgan fingerprint density at radius 2 is 2.09 bits per heavy atom. The van der Waals surface area contributed by atoms with Crippen molar-refractivity contribution in [1.82, 2.24) is 4.90 Å². The molecule has 5 nitrogen and oxygen atoms in total. The molecule has 2 aromatic rings. The number of rotatable bonds is 5. The van der Waals surface area contributed by atoms with Crippen LogP contribution in [0.4, 0.5) is 0 Å². The van der Waals surface area contributed by atoms with Gasteiger partial charge in [-0.2, -0.15) is 5.26 Å². The molecule has 0 radical (unpaired) electrons. The highest BCUT2D eigenvalue weighted by Crippen LogP contribution is 2.22. The van der Waals surface area contributed by atoms with Crippen LogP contribution in [0.1, 0.15) is 16.1 Å². The molecule has 22 heavy (non-hydrogen) atoms. The molecule has 2 rings (SSSR count). The minimum Gasteiger partial charge on any atom is -0.467 e. The van der Waals surface area contributed by atoms with Crippen molar-refractivity contribution in [1.29, 1.82) is 5.26 Å². The molecule has 1 atom stereocenters. The van der Waals surface area contributed by atoms with Gasteiger partial charge >= 0.3 is 0 Å². The van der Waals surface area contributed by atoms with Crippen LogP contribution in [0, 0.1) is 11.3 Å². The van der Waals surface area contributed by atoms with E-state index in [4.69, 9.17) is 32.4 Å². The van der Waals surface area contributed by atoms with Gasteiger partial charge < -0.3 is 9.15 Å². The van der Waals surface area contributed by atoms with E-state index in [1.807, 2.05) is 6.07 Å². The van der Waals surface area contributed by atoms with Crippen LogP contribution in [0.5, 0.6) is 0 Å². The van der Waals surface area contributed by atoms with Crippen molar-refractivity contribution in [2.45, 2.75) is 12.8 Å². The lowest BCUT2D eigenvalue weighted by molar-refractivity contribution is 0.00408. The van der Waals surface area contributed by atoms with Crippen molar-refractivity contribution in [2.24, 2.45) is 0 Å². The molecule has 0 bridgehead atoms. The SMILES string of the molecule is COC(C#N)N(Cc1ccco1)C(=O)c1cc(Cl)cc(Cl)c1. The Labute approximate surface area is 137 Å². The summed E-state index contributed by atoms with van der Waals surface area (Å²) in [4.78, 5) is 13.9. The fourth-order valence-corrected chi connectivity index (χ4v) is 2.45. The Morgan fingerprint density at radius 3 is 2.59 bits per heavy atom. The number of halogens is 2. The van der Waals surface area contributed by atoms with Gasteiger partial charge in [-0.05, 0) is 30.3 Å². The highest BCUT2D eigenvalue weighted by Gasteiger charge is 2.26. The highest BCUT2D eigenvalue weighted by atomic mass is 35.5. The third-order valence-electron chi connectivity index (χ3n) is 2.89. The molecule has 0 saturated heterocycles. The number of hydrogen-bond donors (Lipinski definition) is 0. The maximum absolute atomic E-state index is 12.7. The highest BCUT2D eigenvalue weighted by molar-refractivity contribution is 6.35. The number of carbonyl (C=O) groups is 1. The number of carbonyl (C=O) groups excluding carboxylic acids is 1. The normalized spacial score (nSPS) is 11.7. The summed E-state index contributed by atoms with van der Waals surface area (Å²) in [6.07, 6.45) is 0.429. The van der Waals surface area contributed by atoms with E-state index in [-0.39, 0.29) is 12.1 Å². The van der Waals surface area contributed by atoms with Crippen LogP contribution in [0.2, 0.25) is 10.0 Å². The zero-order valence-electron chi connectivity index (χ0n) is 11.6. The van der Waals surface area contributed by atoms with E-state index in [0.29, 0.717) is 15.8 Å². The van der Waals surface area contributed by atoms with Gasteiger partial charge in [0.25, 0.3) is 5.91 Å². The molecule has 0 N–H and O–H groups in total. The largest absolute Gasteiger partial charge is 0.467 e. The first kappa shape index (κ1) is 16.4. The van der Waals surface area contributed by atoms with Gasteiger partial charge in [0.15, 0.2) is 0 Å². The molecule has 1 heterocycles. The Kier molecular flexibility index (Phi) is 5.45. The number of nitrogens with zero attached hydrogens (tertiary/aromatic N) is 2. The van der Waals surface area contributed by atoms with Crippen molar-refractivity contribution in [3.63, 3.8) is 0 Å². The van der Waals surface area contributed by atoms with Crippen LogP contribution < -0.4 is 0 Å². The monoisotopic (exact) mass is 338 g/mol. The first-order chi connectivity index (χ1) is 10.5. The van der Waals surface area contributed by atoms with Gasteiger partial charge in [-0.3, -0.25) is 9.69 Å². The summed E-state index contributed by atoms with van der Waals surface area (Å²) >= 11 is 11.8. The van der Waals surface area contributed by atoms with Gasteiger partial charge in [0.1, 0.15) is 11.8 Å². The Hall–Kier alpha value is -2.00. The summed E-state index contributed by atoms with van der Waals surface area (Å²) < 4.78 is 10.3. The predicted molar refractivity (Wildman–Crippen MR) is 81.5 cm³/mol. The molecular formula is C15H12Cl2N2O3. The predicted octanol–water partition coefficient (Wildman–Crippen LogP) is 3.72. The second kappa shape index (κ2) is 7.32. The van der Waals surface area contributed by atoms with Crippen LogP contribution in [-0.4, -0.2) is 24.1 Å². The van der Waals surface area contributed by atoms with E-state index in [1.54, 1.807) is 12.1 Å². The van der Waals surface area contributed by atoms with E-state index in [1.165, 1.54) is 36.5 Å². The summed E-state index contributed by atoms with van der Waals surface area (Å²) in [6, 6.07) is 9.80. The van der Waals surface area contributed by atoms with Gasteiger partial charge in [0.2, 0.25) is 6.23 Å². The van der Waals surface area contributed by atoms with Crippen LogP contribution >= 0.6 is 23.2 Å². The molecule has 0 aliphatic heterocycles. The molecule has 1 aromatic heterocycles. The third-order valence-corrected chi connectivity index (χ3v) is 3.33. The summed E-state index contributed by atoms with van der Waals surface area (Å²) in [7, 11) is 1.35. The summed E-state index contributed by atoms with van der Waals surface area (Å²) in [6.45, 7) is 0.0853. The molecule has 114 valence electrons. The molecule has 0 saturated carbocycles. The summed E-state index contributed by atoms with van der Waals surface area (Å²) in [5, 5.41) is 9.84. The number of amides is 1. The molecule has 0 aliphatic rings. The molecule has 7 heteroatoms. The number of methoxy groups -OCH3 is 1. The van der Waals surface area contributed by atoms with E-state index in [2.05, 4.69) is 0 Å². The molecule has 1 amide bonds. The smallest absolute Gasteiger partial charge is 0.257 e. The molecule has 0 aliphatic carbocycles. The summed E-state index contributed by atoms with van der Waals surface area (Å²) in [5.74, 6) is 0.0907. The van der Waals surface area contributed by atoms with Crippen LogP contribution in [0.15, 0.2) is 41.0 Å². The minimum atomic E-state index is -1.06. The lowest BCUT2D eigenvalue weighted by atomic mass is 10.2. The molecule has 1 aromatic carbocycles. The lowest BCUT2D eigenvalue weighted by Crippen LogP contribution is -2.40. The second-order valence-corrected chi connectivity index (χ2v) is 5.26. The molecule has 0 fully saturated rings. The first-order valence-electron chi connectivity index (χ1n) is 6.27. The average Bonchev–Trinajstić information content (AvgIpc) is 2.98. The van der Waals surface area contributed by atoms with Crippen molar-refractivity contribution in [2.75, 3.05) is 7.11 Å². The maximum Gasteiger partial charge on any atom is 0.257 e. The average molecular weight is 339 g/mol. The van der Waals surface area contributed by atoms with Crippen LogP contribution in [0.25, 0.3) is 0 Å². The standard InChI is InChI=1S/C15H12Cl2N2O3/c1-21-14(8-18)19(9-13-3-2-4-22-13)15(20)10-5-11(16)7-12(17)6-10/h2-7,14H,9H2,1H3. The Bertz CT molecular complexity index is 675. The number of hydrogen-bond acceptors (Lipinski definition) is 4. The topological polar surface area (TPSA) is 66.5 Å². The Morgan fingerprint density at radius 1 is 1.41 bits per heavy atom. The number of ether oxygens (including phenoxy) is 1. The number of nitriles is 1. The third kappa shape index (κ3) is 3.80. The van der Waals surface area contributed by atoms with Crippen molar-refractivity contribution < 1.29 is 13.9 Å². The fraction of sp³-hybridized carbons (Fsp3) is 0.200. The zero-order valence-corrected chi connectivity index (χ0v) is 13.1. The van der Waals surface area contributed by atoms with Crippen LogP contribution in [0.3, 0.4) is 0 Å². The zero-order chi connectivity index (χ0) is 16.1. The van der Waals surface area contributed by atoms with E-state index in [0.717, 1.165) is 0 Å². The number of furan rings is 1. The van der Waals surface area contributed by atoms with Gasteiger partial charge in [0.05, 0.1) is 12.8 Å². The van der Waals surface area contributed by atoms with E-state index in [9.17, 15) is 10.1 Å². The second-order valence-electron chi connectivity index (χ2n) is 4.39. The lowest BCUT2D eigenvalue weighted by Gasteiger charge is -2.25. The van der Waals surface area contributed by atoms with Gasteiger partial charge in [-0.1, -0.05) is 23.2 Å². The molecular weight excluding hydrogens is 327 g/mol. The summed E-state index contributed by atoms with van der Waals surface area (Å²) in [5.41, 5.74) is 0.265. The molecule has 0 spiro atoms. The minimum absolute atomic E-state index is 0.0853. The Balaban J connectivity index is 2.35. The van der Waals surface area contributed by atoms with Crippen LogP contribution in [-0.2, 0) is 11.3 Å².